The van der Waals surface area contributed by atoms with Gasteiger partial charge in [-0.1, -0.05) is 18.5 Å². The van der Waals surface area contributed by atoms with Gasteiger partial charge in [0.1, 0.15) is 16.7 Å². The molecule has 0 saturated carbocycles. The third-order valence-electron chi connectivity index (χ3n) is 2.20. The Kier molecular flexibility index (Phi) is 3.54. The molecule has 15 heavy (non-hydrogen) atoms. The Bertz CT molecular complexity index is 396. The van der Waals surface area contributed by atoms with Crippen molar-refractivity contribution in [2.24, 2.45) is 0 Å². The van der Waals surface area contributed by atoms with E-state index in [1.165, 1.54) is 6.20 Å². The molecule has 0 saturated heterocycles. The van der Waals surface area contributed by atoms with Gasteiger partial charge in [0.25, 0.3) is 0 Å². The van der Waals surface area contributed by atoms with E-state index in [1.54, 1.807) is 6.07 Å². The van der Waals surface area contributed by atoms with Crippen LogP contribution in [-0.4, -0.2) is 10.6 Å². The number of nitriles is 1. The summed E-state index contributed by atoms with van der Waals surface area (Å²) >= 11 is 5.96. The predicted molar refractivity (Wildman–Crippen MR) is 59.0 cm³/mol. The summed E-state index contributed by atoms with van der Waals surface area (Å²) in [4.78, 5) is 4.01. The molecule has 1 aromatic heterocycles. The van der Waals surface area contributed by atoms with E-state index in [1.807, 2.05) is 26.8 Å². The minimum atomic E-state index is -0.329. The molecule has 0 aliphatic heterocycles. The van der Waals surface area contributed by atoms with Crippen molar-refractivity contribution >= 4 is 11.6 Å². The molecule has 0 bridgehead atoms. The molecule has 0 aliphatic rings. The molecule has 4 heteroatoms. The maximum atomic E-state index is 8.78. The van der Waals surface area contributed by atoms with Gasteiger partial charge in [0.15, 0.2) is 0 Å². The highest BCUT2D eigenvalue weighted by Gasteiger charge is 2.20. The van der Waals surface area contributed by atoms with Crippen LogP contribution >= 0.6 is 11.6 Å². The fourth-order valence-corrected chi connectivity index (χ4v) is 1.11. The van der Waals surface area contributed by atoms with Crippen molar-refractivity contribution in [2.75, 3.05) is 0 Å². The molecule has 0 N–H and O–H groups in total. The fraction of sp³-hybridized carbons (Fsp3) is 0.455. The molecule has 0 spiro atoms. The molecule has 0 atom stereocenters. The van der Waals surface area contributed by atoms with E-state index in [-0.39, 0.29) is 10.6 Å². The minimum absolute atomic E-state index is 0.279. The molecule has 1 rings (SSSR count). The molecule has 0 amide bonds. The molecule has 0 fully saturated rings. The summed E-state index contributed by atoms with van der Waals surface area (Å²) < 4.78 is 5.63. The summed E-state index contributed by atoms with van der Waals surface area (Å²) in [6.07, 6.45) is 2.35. The maximum absolute atomic E-state index is 8.78. The summed E-state index contributed by atoms with van der Waals surface area (Å²) in [5.41, 5.74) is 0.0543. The smallest absolute Gasteiger partial charge is 0.234 e. The summed E-state index contributed by atoms with van der Waals surface area (Å²) in [5.74, 6) is 0.322. The second-order valence-electron chi connectivity index (χ2n) is 3.80. The lowest BCUT2D eigenvalue weighted by atomic mass is 10.1. The monoisotopic (exact) mass is 224 g/mol. The van der Waals surface area contributed by atoms with Crippen molar-refractivity contribution in [3.05, 3.63) is 22.8 Å². The molecule has 1 heterocycles. The van der Waals surface area contributed by atoms with Crippen molar-refractivity contribution in [3.63, 3.8) is 0 Å². The SMILES string of the molecule is CCC(C)(C)Oc1nccc(C#N)c1Cl. The first-order chi connectivity index (χ1) is 7.00. The van der Waals surface area contributed by atoms with Crippen LogP contribution < -0.4 is 4.74 Å². The molecule has 0 aliphatic carbocycles. The van der Waals surface area contributed by atoms with E-state index in [9.17, 15) is 0 Å². The third-order valence-corrected chi connectivity index (χ3v) is 2.57. The number of nitrogens with zero attached hydrogens (tertiary/aromatic N) is 2. The van der Waals surface area contributed by atoms with Crippen LogP contribution in [0.4, 0.5) is 0 Å². The van der Waals surface area contributed by atoms with Gasteiger partial charge in [-0.15, -0.1) is 0 Å². The number of hydrogen-bond donors (Lipinski definition) is 0. The first-order valence-electron chi connectivity index (χ1n) is 4.74. The summed E-state index contributed by atoms with van der Waals surface area (Å²) in [6, 6.07) is 3.55. The van der Waals surface area contributed by atoms with Gasteiger partial charge in [0.2, 0.25) is 5.88 Å². The highest BCUT2D eigenvalue weighted by atomic mass is 35.5. The average molecular weight is 225 g/mol. The molecular formula is C11H13ClN2O. The van der Waals surface area contributed by atoms with E-state index in [0.29, 0.717) is 11.4 Å². The van der Waals surface area contributed by atoms with E-state index in [4.69, 9.17) is 21.6 Å². The second-order valence-corrected chi connectivity index (χ2v) is 4.18. The largest absolute Gasteiger partial charge is 0.471 e. The Morgan fingerprint density at radius 2 is 2.27 bits per heavy atom. The molecule has 3 nitrogen and oxygen atoms in total. The number of hydrogen-bond acceptors (Lipinski definition) is 3. The van der Waals surface area contributed by atoms with E-state index in [0.717, 1.165) is 6.42 Å². The van der Waals surface area contributed by atoms with Gasteiger partial charge in [-0.25, -0.2) is 4.98 Å². The molecule has 0 radical (unpaired) electrons. The van der Waals surface area contributed by atoms with E-state index in [2.05, 4.69) is 4.98 Å². The maximum Gasteiger partial charge on any atom is 0.234 e. The highest BCUT2D eigenvalue weighted by Crippen LogP contribution is 2.28. The van der Waals surface area contributed by atoms with Crippen LogP contribution in [0.1, 0.15) is 32.8 Å². The van der Waals surface area contributed by atoms with Gasteiger partial charge in [0, 0.05) is 6.20 Å². The Labute approximate surface area is 94.7 Å². The summed E-state index contributed by atoms with van der Waals surface area (Å²) in [6.45, 7) is 5.91. The van der Waals surface area contributed by atoms with Gasteiger partial charge in [-0.05, 0) is 26.3 Å². The average Bonchev–Trinajstić information content (AvgIpc) is 2.21. The summed E-state index contributed by atoms with van der Waals surface area (Å²) in [7, 11) is 0. The number of rotatable bonds is 3. The van der Waals surface area contributed by atoms with Gasteiger partial charge >= 0.3 is 0 Å². The van der Waals surface area contributed by atoms with Crippen molar-refractivity contribution in [3.8, 4) is 11.9 Å². The molecule has 80 valence electrons. The van der Waals surface area contributed by atoms with Crippen LogP contribution in [0.25, 0.3) is 0 Å². The van der Waals surface area contributed by atoms with Crippen molar-refractivity contribution < 1.29 is 4.74 Å². The van der Waals surface area contributed by atoms with Gasteiger partial charge in [-0.3, -0.25) is 0 Å². The first kappa shape index (κ1) is 11.8. The Balaban J connectivity index is 3.02. The standard InChI is InChI=1S/C11H13ClN2O/c1-4-11(2,3)15-10-9(12)8(7-13)5-6-14-10/h5-6H,4H2,1-3H3. The third kappa shape index (κ3) is 2.84. The Morgan fingerprint density at radius 3 is 2.80 bits per heavy atom. The van der Waals surface area contributed by atoms with Crippen molar-refractivity contribution in [1.82, 2.24) is 4.98 Å². The van der Waals surface area contributed by atoms with Crippen molar-refractivity contribution in [1.29, 1.82) is 5.26 Å². The van der Waals surface area contributed by atoms with E-state index >= 15 is 0 Å². The van der Waals surface area contributed by atoms with Gasteiger partial charge < -0.3 is 4.74 Å². The number of pyridine rings is 1. The van der Waals surface area contributed by atoms with Crippen LogP contribution in [0, 0.1) is 11.3 Å². The molecule has 0 aromatic carbocycles. The highest BCUT2D eigenvalue weighted by molar-refractivity contribution is 6.32. The lowest BCUT2D eigenvalue weighted by molar-refractivity contribution is 0.0991. The minimum Gasteiger partial charge on any atom is -0.471 e. The van der Waals surface area contributed by atoms with Gasteiger partial charge in [-0.2, -0.15) is 5.26 Å². The second kappa shape index (κ2) is 4.50. The zero-order valence-electron chi connectivity index (χ0n) is 9.04. The zero-order valence-corrected chi connectivity index (χ0v) is 9.80. The fourth-order valence-electron chi connectivity index (χ4n) is 0.916. The number of halogens is 1. The topological polar surface area (TPSA) is 45.9 Å². The normalized spacial score (nSPS) is 10.9. The van der Waals surface area contributed by atoms with Crippen LogP contribution in [0.5, 0.6) is 5.88 Å². The Morgan fingerprint density at radius 1 is 1.60 bits per heavy atom. The molecule has 0 unspecified atom stereocenters. The Hall–Kier alpha value is -1.27. The lowest BCUT2D eigenvalue weighted by Gasteiger charge is -2.24. The molecule has 1 aromatic rings. The van der Waals surface area contributed by atoms with Crippen LogP contribution in [0.3, 0.4) is 0 Å². The van der Waals surface area contributed by atoms with Crippen LogP contribution in [0.15, 0.2) is 12.3 Å². The quantitative estimate of drug-likeness (QED) is 0.792. The number of ether oxygens (including phenoxy) is 1. The summed E-state index contributed by atoms with van der Waals surface area (Å²) in [5, 5.41) is 9.06. The predicted octanol–water partition coefficient (Wildman–Crippen LogP) is 3.17. The zero-order chi connectivity index (χ0) is 11.5. The van der Waals surface area contributed by atoms with Crippen LogP contribution in [-0.2, 0) is 0 Å². The van der Waals surface area contributed by atoms with Crippen molar-refractivity contribution in [2.45, 2.75) is 32.8 Å². The van der Waals surface area contributed by atoms with E-state index < -0.39 is 0 Å². The molecular weight excluding hydrogens is 212 g/mol. The number of aromatic nitrogens is 1. The van der Waals surface area contributed by atoms with Gasteiger partial charge in [0.05, 0.1) is 5.56 Å². The first-order valence-corrected chi connectivity index (χ1v) is 5.11. The lowest BCUT2D eigenvalue weighted by Crippen LogP contribution is -2.27. The van der Waals surface area contributed by atoms with Crippen LogP contribution in [0.2, 0.25) is 5.02 Å².